The van der Waals surface area contributed by atoms with Gasteiger partial charge in [0.2, 0.25) is 0 Å². The van der Waals surface area contributed by atoms with Crippen LogP contribution in [0.15, 0.2) is 30.3 Å². The molecule has 5 heteroatoms. The van der Waals surface area contributed by atoms with Gasteiger partial charge in [0.25, 0.3) is 5.91 Å². The van der Waals surface area contributed by atoms with Gasteiger partial charge < -0.3 is 10.7 Å². The minimum absolute atomic E-state index is 0.0826. The van der Waals surface area contributed by atoms with E-state index < -0.39 is 0 Å². The fourth-order valence-electron chi connectivity index (χ4n) is 2.60. The van der Waals surface area contributed by atoms with E-state index in [1.165, 1.54) is 0 Å². The Hall–Kier alpha value is -2.14. The first-order valence-electron chi connectivity index (χ1n) is 6.80. The average molecular weight is 270 g/mol. The Bertz CT molecular complexity index is 664. The van der Waals surface area contributed by atoms with Gasteiger partial charge in [0.15, 0.2) is 0 Å². The second-order valence-corrected chi connectivity index (χ2v) is 5.59. The smallest absolute Gasteiger partial charge is 0.270 e. The summed E-state index contributed by atoms with van der Waals surface area (Å²) in [5.74, 6) is 5.88. The Morgan fingerprint density at radius 1 is 1.35 bits per heavy atom. The van der Waals surface area contributed by atoms with Gasteiger partial charge in [-0.05, 0) is 37.6 Å². The van der Waals surface area contributed by atoms with Crippen molar-refractivity contribution < 1.29 is 4.79 Å². The van der Waals surface area contributed by atoms with E-state index in [9.17, 15) is 4.79 Å². The lowest BCUT2D eigenvalue weighted by Gasteiger charge is -2.39. The Balaban J connectivity index is 1.96. The number of anilines is 1. The molecule has 0 atom stereocenters. The Morgan fingerprint density at radius 2 is 2.10 bits per heavy atom. The lowest BCUT2D eigenvalue weighted by molar-refractivity contribution is 0.0845. The third-order valence-electron chi connectivity index (χ3n) is 3.98. The van der Waals surface area contributed by atoms with Gasteiger partial charge in [0, 0.05) is 10.9 Å². The van der Waals surface area contributed by atoms with Crippen molar-refractivity contribution in [1.29, 1.82) is 0 Å². The van der Waals surface area contributed by atoms with E-state index in [-0.39, 0.29) is 11.4 Å². The zero-order chi connectivity index (χ0) is 14.2. The molecular formula is C15H18N4O. The van der Waals surface area contributed by atoms with Crippen molar-refractivity contribution in [3.63, 3.8) is 0 Å². The van der Waals surface area contributed by atoms with Crippen LogP contribution in [0.5, 0.6) is 0 Å². The molecule has 1 amide bonds. The Labute approximate surface area is 117 Å². The van der Waals surface area contributed by atoms with Gasteiger partial charge in [-0.1, -0.05) is 24.3 Å². The van der Waals surface area contributed by atoms with E-state index in [0.29, 0.717) is 11.5 Å². The summed E-state index contributed by atoms with van der Waals surface area (Å²) in [6, 6.07) is 9.51. The molecule has 1 saturated carbocycles. The van der Waals surface area contributed by atoms with Gasteiger partial charge in [0.1, 0.15) is 11.5 Å². The normalized spacial score (nSPS) is 16.5. The lowest BCUT2D eigenvalue weighted by Crippen LogP contribution is -2.51. The zero-order valence-electron chi connectivity index (χ0n) is 11.4. The lowest BCUT2D eigenvalue weighted by atomic mass is 9.78. The van der Waals surface area contributed by atoms with Crippen molar-refractivity contribution in [2.24, 2.45) is 5.84 Å². The molecule has 3 rings (SSSR count). The van der Waals surface area contributed by atoms with Gasteiger partial charge in [0.05, 0.1) is 0 Å². The molecule has 5 nitrogen and oxygen atoms in total. The van der Waals surface area contributed by atoms with Crippen molar-refractivity contribution in [2.45, 2.75) is 31.7 Å². The van der Waals surface area contributed by atoms with Gasteiger partial charge in [-0.25, -0.2) is 10.8 Å². The van der Waals surface area contributed by atoms with Crippen LogP contribution in [0.25, 0.3) is 10.8 Å². The summed E-state index contributed by atoms with van der Waals surface area (Å²) in [5, 5.41) is 4.90. The number of nitrogens with one attached hydrogen (secondary N) is 2. The summed E-state index contributed by atoms with van der Waals surface area (Å²) < 4.78 is 0. The highest BCUT2D eigenvalue weighted by Crippen LogP contribution is 2.31. The second-order valence-electron chi connectivity index (χ2n) is 5.59. The van der Waals surface area contributed by atoms with Crippen LogP contribution in [0, 0.1) is 0 Å². The monoisotopic (exact) mass is 270 g/mol. The van der Waals surface area contributed by atoms with Crippen molar-refractivity contribution in [2.75, 3.05) is 5.43 Å². The van der Waals surface area contributed by atoms with E-state index in [0.717, 1.165) is 30.0 Å². The number of carbonyl (C=O) groups is 1. The molecular weight excluding hydrogens is 252 g/mol. The van der Waals surface area contributed by atoms with Gasteiger partial charge in [-0.3, -0.25) is 4.79 Å². The van der Waals surface area contributed by atoms with Crippen molar-refractivity contribution in [3.05, 3.63) is 36.0 Å². The summed E-state index contributed by atoms with van der Waals surface area (Å²) in [7, 11) is 0. The molecule has 20 heavy (non-hydrogen) atoms. The van der Waals surface area contributed by atoms with Gasteiger partial charge >= 0.3 is 0 Å². The molecule has 0 aliphatic heterocycles. The minimum Gasteiger partial charge on any atom is -0.346 e. The van der Waals surface area contributed by atoms with E-state index in [2.05, 4.69) is 22.7 Å². The molecule has 2 aromatic rings. The van der Waals surface area contributed by atoms with E-state index in [4.69, 9.17) is 5.84 Å². The summed E-state index contributed by atoms with van der Waals surface area (Å²) in [4.78, 5) is 16.6. The standard InChI is InChI=1S/C15H18N4O/c1-15(7-4-8-15)18-14(20)12-9-10-5-2-3-6-11(10)13(17-12)19-16/h2-3,5-6,9H,4,7-8,16H2,1H3,(H,17,19)(H,18,20). The summed E-state index contributed by atoms with van der Waals surface area (Å²) in [6.45, 7) is 2.07. The number of aromatic nitrogens is 1. The molecule has 0 bridgehead atoms. The molecule has 0 spiro atoms. The molecule has 1 aliphatic rings. The molecule has 104 valence electrons. The van der Waals surface area contributed by atoms with Crippen LogP contribution < -0.4 is 16.6 Å². The number of pyridine rings is 1. The van der Waals surface area contributed by atoms with E-state index >= 15 is 0 Å². The quantitative estimate of drug-likeness (QED) is 0.590. The number of hydrogen-bond acceptors (Lipinski definition) is 4. The van der Waals surface area contributed by atoms with Crippen LogP contribution in [0.2, 0.25) is 0 Å². The van der Waals surface area contributed by atoms with Crippen LogP contribution >= 0.6 is 0 Å². The highest BCUT2D eigenvalue weighted by atomic mass is 16.2. The minimum atomic E-state index is -0.144. The predicted octanol–water partition coefficient (Wildman–Crippen LogP) is 2.19. The van der Waals surface area contributed by atoms with Crippen LogP contribution in [0.4, 0.5) is 5.82 Å². The molecule has 0 saturated heterocycles. The first-order chi connectivity index (χ1) is 9.61. The van der Waals surface area contributed by atoms with Crippen LogP contribution in [-0.4, -0.2) is 16.4 Å². The number of fused-ring (bicyclic) bond motifs is 1. The molecule has 0 unspecified atom stereocenters. The van der Waals surface area contributed by atoms with Crippen LogP contribution in [0.1, 0.15) is 36.7 Å². The predicted molar refractivity (Wildman–Crippen MR) is 79.3 cm³/mol. The highest BCUT2D eigenvalue weighted by molar-refractivity contribution is 6.00. The number of benzene rings is 1. The summed E-state index contributed by atoms with van der Waals surface area (Å²) in [6.07, 6.45) is 3.21. The summed E-state index contributed by atoms with van der Waals surface area (Å²) in [5.41, 5.74) is 2.88. The Morgan fingerprint density at radius 3 is 2.75 bits per heavy atom. The highest BCUT2D eigenvalue weighted by Gasteiger charge is 2.33. The number of hydrogen-bond donors (Lipinski definition) is 3. The number of nitrogen functional groups attached to an aromatic ring is 1. The largest absolute Gasteiger partial charge is 0.346 e. The van der Waals surface area contributed by atoms with Gasteiger partial charge in [-0.2, -0.15) is 0 Å². The topological polar surface area (TPSA) is 80.0 Å². The number of hydrazine groups is 1. The molecule has 1 aromatic heterocycles. The molecule has 1 fully saturated rings. The molecule has 1 aliphatic carbocycles. The average Bonchev–Trinajstić information content (AvgIpc) is 2.44. The molecule has 4 N–H and O–H groups in total. The van der Waals surface area contributed by atoms with Gasteiger partial charge in [-0.15, -0.1) is 0 Å². The fourth-order valence-corrected chi connectivity index (χ4v) is 2.60. The number of rotatable bonds is 3. The molecule has 1 heterocycles. The number of carbonyl (C=O) groups excluding carboxylic acids is 1. The van der Waals surface area contributed by atoms with Crippen molar-refractivity contribution in [3.8, 4) is 0 Å². The maximum atomic E-state index is 12.3. The third-order valence-corrected chi connectivity index (χ3v) is 3.98. The molecule has 0 radical (unpaired) electrons. The molecule has 1 aromatic carbocycles. The van der Waals surface area contributed by atoms with E-state index in [1.54, 1.807) is 6.07 Å². The number of amides is 1. The second kappa shape index (κ2) is 4.76. The maximum absolute atomic E-state index is 12.3. The maximum Gasteiger partial charge on any atom is 0.270 e. The first-order valence-corrected chi connectivity index (χ1v) is 6.80. The van der Waals surface area contributed by atoms with Crippen molar-refractivity contribution in [1.82, 2.24) is 10.3 Å². The third kappa shape index (κ3) is 2.20. The summed E-state index contributed by atoms with van der Waals surface area (Å²) >= 11 is 0. The van der Waals surface area contributed by atoms with Crippen molar-refractivity contribution >= 4 is 22.5 Å². The van der Waals surface area contributed by atoms with E-state index in [1.807, 2.05) is 24.3 Å². The fraction of sp³-hybridized carbons (Fsp3) is 0.333. The van der Waals surface area contributed by atoms with Crippen LogP contribution in [0.3, 0.4) is 0 Å². The number of nitrogens with zero attached hydrogens (tertiary/aromatic N) is 1. The number of nitrogens with two attached hydrogens (primary N) is 1. The van der Waals surface area contributed by atoms with Crippen LogP contribution in [-0.2, 0) is 0 Å². The zero-order valence-corrected chi connectivity index (χ0v) is 11.4. The SMILES string of the molecule is CC1(NC(=O)c2cc3ccccc3c(NN)n2)CCC1. The Kier molecular flexibility index (Phi) is 3.06. The first kappa shape index (κ1) is 12.9.